The number of carboxylic acids is 2. The Labute approximate surface area is 87.4 Å². The third-order valence-corrected chi connectivity index (χ3v) is 1.38. The highest BCUT2D eigenvalue weighted by molar-refractivity contribution is 5.72. The van der Waals surface area contributed by atoms with Crippen molar-refractivity contribution in [3.05, 3.63) is 0 Å². The SMILES string of the molecule is O=C(O)CN=CCCCC=NCC(=O)O. The summed E-state index contributed by atoms with van der Waals surface area (Å²) in [5.74, 6) is -1.90. The number of carboxylic acid groups (broad SMARTS) is 2. The molecule has 6 nitrogen and oxygen atoms in total. The fraction of sp³-hybridized carbons (Fsp3) is 0.556. The molecule has 0 rings (SSSR count). The van der Waals surface area contributed by atoms with Crippen molar-refractivity contribution in [1.29, 1.82) is 0 Å². The van der Waals surface area contributed by atoms with Crippen molar-refractivity contribution >= 4 is 24.4 Å². The maximum atomic E-state index is 10.0. The second-order valence-corrected chi connectivity index (χ2v) is 2.76. The molecular weight excluding hydrogens is 200 g/mol. The molecule has 0 unspecified atom stereocenters. The third kappa shape index (κ3) is 12.3. The lowest BCUT2D eigenvalue weighted by atomic mass is 10.2. The number of nitrogens with zero attached hydrogens (tertiary/aromatic N) is 2. The molecule has 0 fully saturated rings. The van der Waals surface area contributed by atoms with Crippen LogP contribution in [0.4, 0.5) is 0 Å². The molecular formula is C9H14N2O4. The summed E-state index contributed by atoms with van der Waals surface area (Å²) in [6, 6.07) is 0. The Morgan fingerprint density at radius 1 is 0.933 bits per heavy atom. The molecule has 0 aromatic rings. The van der Waals surface area contributed by atoms with E-state index in [9.17, 15) is 9.59 Å². The summed E-state index contributed by atoms with van der Waals surface area (Å²) in [7, 11) is 0. The molecule has 6 heteroatoms. The lowest BCUT2D eigenvalue weighted by Gasteiger charge is -1.89. The minimum atomic E-state index is -0.950. The molecule has 0 amide bonds. The predicted octanol–water partition coefficient (Wildman–Crippen LogP) is 0.468. The largest absolute Gasteiger partial charge is 0.480 e. The van der Waals surface area contributed by atoms with Crippen molar-refractivity contribution in [1.82, 2.24) is 0 Å². The lowest BCUT2D eigenvalue weighted by Crippen LogP contribution is -1.99. The van der Waals surface area contributed by atoms with Crippen LogP contribution >= 0.6 is 0 Å². The van der Waals surface area contributed by atoms with Crippen LogP contribution in [-0.4, -0.2) is 47.7 Å². The summed E-state index contributed by atoms with van der Waals surface area (Å²) >= 11 is 0. The first kappa shape index (κ1) is 13.3. The van der Waals surface area contributed by atoms with Crippen LogP contribution in [0.2, 0.25) is 0 Å². The maximum absolute atomic E-state index is 10.0. The summed E-state index contributed by atoms with van der Waals surface area (Å²) in [5, 5.41) is 16.5. The van der Waals surface area contributed by atoms with Crippen molar-refractivity contribution in [2.24, 2.45) is 9.98 Å². The summed E-state index contributed by atoms with van der Waals surface area (Å²) in [6.45, 7) is -0.403. The average molecular weight is 214 g/mol. The smallest absolute Gasteiger partial charge is 0.325 e. The second-order valence-electron chi connectivity index (χ2n) is 2.76. The number of rotatable bonds is 8. The molecule has 0 aromatic heterocycles. The van der Waals surface area contributed by atoms with Gasteiger partial charge >= 0.3 is 11.9 Å². The van der Waals surface area contributed by atoms with Crippen LogP contribution in [0.15, 0.2) is 9.98 Å². The van der Waals surface area contributed by atoms with E-state index in [4.69, 9.17) is 10.2 Å². The van der Waals surface area contributed by atoms with Gasteiger partial charge in [-0.3, -0.25) is 19.6 Å². The van der Waals surface area contributed by atoms with Gasteiger partial charge in [-0.25, -0.2) is 0 Å². The molecule has 0 spiro atoms. The van der Waals surface area contributed by atoms with Gasteiger partial charge in [-0.1, -0.05) is 0 Å². The predicted molar refractivity (Wildman–Crippen MR) is 55.8 cm³/mol. The highest BCUT2D eigenvalue weighted by Crippen LogP contribution is 1.90. The van der Waals surface area contributed by atoms with Gasteiger partial charge in [0, 0.05) is 0 Å². The van der Waals surface area contributed by atoms with Crippen molar-refractivity contribution in [3.8, 4) is 0 Å². The Bertz CT molecular complexity index is 235. The first-order valence-corrected chi connectivity index (χ1v) is 4.53. The molecule has 0 radical (unpaired) electrons. The number of aliphatic carboxylic acids is 2. The Morgan fingerprint density at radius 2 is 1.33 bits per heavy atom. The molecule has 0 saturated heterocycles. The molecule has 0 atom stereocenters. The summed E-state index contributed by atoms with van der Waals surface area (Å²) < 4.78 is 0. The minimum absolute atomic E-state index is 0.201. The molecule has 0 heterocycles. The van der Waals surface area contributed by atoms with E-state index < -0.39 is 11.9 Å². The summed E-state index contributed by atoms with van der Waals surface area (Å²) in [6.07, 6.45) is 5.24. The van der Waals surface area contributed by atoms with Gasteiger partial charge in [0.25, 0.3) is 0 Å². The molecule has 0 aromatic carbocycles. The van der Waals surface area contributed by atoms with E-state index in [1.54, 1.807) is 12.4 Å². The van der Waals surface area contributed by atoms with Crippen LogP contribution < -0.4 is 0 Å². The zero-order valence-electron chi connectivity index (χ0n) is 8.30. The topological polar surface area (TPSA) is 99.3 Å². The Balaban J connectivity index is 3.31. The molecule has 0 aliphatic rings. The van der Waals surface area contributed by atoms with Gasteiger partial charge in [0.05, 0.1) is 0 Å². The van der Waals surface area contributed by atoms with Crippen LogP contribution in [-0.2, 0) is 9.59 Å². The first-order chi connectivity index (χ1) is 7.13. The number of hydrogen-bond donors (Lipinski definition) is 2. The Morgan fingerprint density at radius 3 is 1.67 bits per heavy atom. The van der Waals surface area contributed by atoms with Crippen molar-refractivity contribution in [2.75, 3.05) is 13.1 Å². The zero-order chi connectivity index (χ0) is 11.5. The number of aliphatic imine (C=N–C) groups is 2. The summed E-state index contributed by atoms with van der Waals surface area (Å²) in [5.41, 5.74) is 0. The number of unbranched alkanes of at least 4 members (excludes halogenated alkanes) is 2. The van der Waals surface area contributed by atoms with Gasteiger partial charge in [0.1, 0.15) is 13.1 Å². The molecule has 84 valence electrons. The van der Waals surface area contributed by atoms with Gasteiger partial charge in [-0.15, -0.1) is 0 Å². The van der Waals surface area contributed by atoms with Gasteiger partial charge in [0.2, 0.25) is 0 Å². The van der Waals surface area contributed by atoms with Crippen LogP contribution in [0.5, 0.6) is 0 Å². The van der Waals surface area contributed by atoms with E-state index in [0.717, 1.165) is 6.42 Å². The lowest BCUT2D eigenvalue weighted by molar-refractivity contribution is -0.136. The van der Waals surface area contributed by atoms with Gasteiger partial charge in [0.15, 0.2) is 0 Å². The number of carbonyl (C=O) groups is 2. The van der Waals surface area contributed by atoms with E-state index in [0.29, 0.717) is 12.8 Å². The molecule has 0 aliphatic carbocycles. The standard InChI is InChI=1S/C9H14N2O4/c12-8(13)6-10-4-2-1-3-5-11-7-9(14)15/h4-5H,1-3,6-7H2,(H,12,13)(H,14,15). The molecule has 15 heavy (non-hydrogen) atoms. The fourth-order valence-electron chi connectivity index (χ4n) is 0.768. The maximum Gasteiger partial charge on any atom is 0.325 e. The minimum Gasteiger partial charge on any atom is -0.480 e. The Kier molecular flexibility index (Phi) is 7.84. The molecule has 0 bridgehead atoms. The normalized spacial score (nSPS) is 11.2. The number of hydrogen-bond acceptors (Lipinski definition) is 4. The van der Waals surface area contributed by atoms with Crippen molar-refractivity contribution in [2.45, 2.75) is 19.3 Å². The monoisotopic (exact) mass is 214 g/mol. The molecule has 0 saturated carbocycles. The van der Waals surface area contributed by atoms with Crippen molar-refractivity contribution < 1.29 is 19.8 Å². The van der Waals surface area contributed by atoms with Crippen LogP contribution in [0.1, 0.15) is 19.3 Å². The van der Waals surface area contributed by atoms with Crippen LogP contribution in [0.3, 0.4) is 0 Å². The van der Waals surface area contributed by atoms with E-state index in [1.165, 1.54) is 0 Å². The molecule has 0 aliphatic heterocycles. The highest BCUT2D eigenvalue weighted by atomic mass is 16.4. The van der Waals surface area contributed by atoms with E-state index in [2.05, 4.69) is 9.98 Å². The van der Waals surface area contributed by atoms with Crippen LogP contribution in [0, 0.1) is 0 Å². The van der Waals surface area contributed by atoms with Crippen LogP contribution in [0.25, 0.3) is 0 Å². The quantitative estimate of drug-likeness (QED) is 0.453. The van der Waals surface area contributed by atoms with Gasteiger partial charge in [-0.2, -0.15) is 0 Å². The molecule has 2 N–H and O–H groups in total. The summed E-state index contributed by atoms with van der Waals surface area (Å²) in [4.78, 5) is 27.4. The van der Waals surface area contributed by atoms with E-state index >= 15 is 0 Å². The average Bonchev–Trinajstić information content (AvgIpc) is 2.14. The second kappa shape index (κ2) is 8.86. The van der Waals surface area contributed by atoms with E-state index in [1.807, 2.05) is 0 Å². The fourth-order valence-corrected chi connectivity index (χ4v) is 0.768. The first-order valence-electron chi connectivity index (χ1n) is 4.53. The van der Waals surface area contributed by atoms with Gasteiger partial charge < -0.3 is 10.2 Å². The van der Waals surface area contributed by atoms with E-state index in [-0.39, 0.29) is 13.1 Å². The highest BCUT2D eigenvalue weighted by Gasteiger charge is 1.90. The Hall–Kier alpha value is -1.72. The third-order valence-electron chi connectivity index (χ3n) is 1.38. The zero-order valence-corrected chi connectivity index (χ0v) is 8.30. The van der Waals surface area contributed by atoms with Crippen molar-refractivity contribution in [3.63, 3.8) is 0 Å². The van der Waals surface area contributed by atoms with Gasteiger partial charge in [-0.05, 0) is 31.7 Å².